The van der Waals surface area contributed by atoms with Crippen LogP contribution >= 0.6 is 0 Å². The molecule has 1 atom stereocenters. The molecule has 0 heterocycles. The molecule has 0 amide bonds. The molecule has 2 rings (SSSR count). The van der Waals surface area contributed by atoms with E-state index in [1.807, 2.05) is 6.08 Å². The van der Waals surface area contributed by atoms with Gasteiger partial charge in [0.1, 0.15) is 0 Å². The third-order valence-electron chi connectivity index (χ3n) is 1.59. The Kier molecular flexibility index (Phi) is 0.460. The van der Waals surface area contributed by atoms with Crippen molar-refractivity contribution in [2.75, 3.05) is 0 Å². The minimum atomic E-state index is -0.241. The van der Waals surface area contributed by atoms with Gasteiger partial charge in [-0.15, -0.1) is 0 Å². The van der Waals surface area contributed by atoms with Gasteiger partial charge >= 0.3 is 0 Å². The lowest BCUT2D eigenvalue weighted by atomic mass is 10.2. The van der Waals surface area contributed by atoms with Gasteiger partial charge in [-0.1, -0.05) is 6.08 Å². The van der Waals surface area contributed by atoms with E-state index in [0.29, 0.717) is 6.42 Å². The highest BCUT2D eigenvalue weighted by atomic mass is 16.2. The Balaban J connectivity index is 2.42. The number of carbonyl (C=O) groups excluding carboxylic acids is 2. The van der Waals surface area contributed by atoms with E-state index in [1.165, 1.54) is 0 Å². The average Bonchev–Trinajstić information content (AvgIpc) is 2.39. The first-order valence-electron chi connectivity index (χ1n) is 2.58. The highest BCUT2D eigenvalue weighted by molar-refractivity contribution is 6.48. The molecule has 0 aromatic carbocycles. The predicted octanol–water partition coefficient (Wildman–Crippen LogP) is 0.0845. The van der Waals surface area contributed by atoms with Gasteiger partial charge in [-0.3, -0.25) is 9.59 Å². The Morgan fingerprint density at radius 1 is 1.50 bits per heavy atom. The Morgan fingerprint density at radius 2 is 2.25 bits per heavy atom. The summed E-state index contributed by atoms with van der Waals surface area (Å²) in [6.45, 7) is 0. The van der Waals surface area contributed by atoms with Crippen molar-refractivity contribution >= 4 is 11.6 Å². The zero-order chi connectivity index (χ0) is 5.72. The number of allylic oxidation sites excluding steroid dienone is 2. The molecule has 1 saturated carbocycles. The zero-order valence-electron chi connectivity index (χ0n) is 4.18. The van der Waals surface area contributed by atoms with Gasteiger partial charge in [-0.25, -0.2) is 0 Å². The Morgan fingerprint density at radius 3 is 2.50 bits per heavy atom. The second kappa shape index (κ2) is 0.917. The normalized spacial score (nSPS) is 32.5. The summed E-state index contributed by atoms with van der Waals surface area (Å²) in [5.41, 5.74) is 0.759. The zero-order valence-corrected chi connectivity index (χ0v) is 4.18. The topological polar surface area (TPSA) is 34.1 Å². The molecule has 0 aromatic heterocycles. The Labute approximate surface area is 46.2 Å². The van der Waals surface area contributed by atoms with Crippen LogP contribution in [0.4, 0.5) is 0 Å². The van der Waals surface area contributed by atoms with Crippen molar-refractivity contribution in [2.45, 2.75) is 6.42 Å². The minimum absolute atomic E-state index is 0.201. The second-order valence-electron chi connectivity index (χ2n) is 2.18. The maximum Gasteiger partial charge on any atom is 0.224 e. The van der Waals surface area contributed by atoms with Gasteiger partial charge in [-0.05, 0) is 0 Å². The lowest BCUT2D eigenvalue weighted by molar-refractivity contribution is -0.132. The molecule has 2 nitrogen and oxygen atoms in total. The molecule has 0 aromatic rings. The summed E-state index contributed by atoms with van der Waals surface area (Å²) >= 11 is 0. The lowest BCUT2D eigenvalue weighted by Gasteiger charge is -1.78. The molecule has 2 aliphatic carbocycles. The van der Waals surface area contributed by atoms with Crippen molar-refractivity contribution in [1.82, 2.24) is 0 Å². The maximum atomic E-state index is 10.5. The number of Topliss-reactive ketones (excluding diaryl/α,β-unsaturated/α-hetero) is 2. The van der Waals surface area contributed by atoms with Crippen LogP contribution in [-0.2, 0) is 9.59 Å². The smallest absolute Gasteiger partial charge is 0.224 e. The monoisotopic (exact) mass is 108 g/mol. The first-order chi connectivity index (χ1) is 3.79. The second-order valence-corrected chi connectivity index (χ2v) is 2.18. The molecule has 1 unspecified atom stereocenters. The summed E-state index contributed by atoms with van der Waals surface area (Å²) in [4.78, 5) is 21.0. The summed E-state index contributed by atoms with van der Waals surface area (Å²) in [7, 11) is 0. The van der Waals surface area contributed by atoms with Crippen LogP contribution in [0.3, 0.4) is 0 Å². The summed E-state index contributed by atoms with van der Waals surface area (Å²) in [5.74, 6) is -0.183. The van der Waals surface area contributed by atoms with Crippen molar-refractivity contribution < 1.29 is 9.59 Å². The van der Waals surface area contributed by atoms with Gasteiger partial charge in [0.05, 0.1) is 0 Å². The summed E-state index contributed by atoms with van der Waals surface area (Å²) < 4.78 is 0. The number of hydrogen-bond acceptors (Lipinski definition) is 2. The number of ketones is 2. The summed E-state index contributed by atoms with van der Waals surface area (Å²) in [6.07, 6.45) is 2.30. The van der Waals surface area contributed by atoms with E-state index >= 15 is 0 Å². The largest absolute Gasteiger partial charge is 0.290 e. The van der Waals surface area contributed by atoms with Crippen LogP contribution < -0.4 is 0 Å². The molecule has 0 saturated heterocycles. The molecule has 0 spiro atoms. The molecule has 0 bridgehead atoms. The summed E-state index contributed by atoms with van der Waals surface area (Å²) in [6, 6.07) is 0. The quantitative estimate of drug-likeness (QED) is 0.412. The van der Waals surface area contributed by atoms with Gasteiger partial charge < -0.3 is 0 Å². The van der Waals surface area contributed by atoms with Crippen molar-refractivity contribution in [3.8, 4) is 0 Å². The SMILES string of the molecule is O=C1CC2C=C2C1=O. The van der Waals surface area contributed by atoms with E-state index in [2.05, 4.69) is 0 Å². The number of rotatable bonds is 0. The fourth-order valence-electron chi connectivity index (χ4n) is 1.04. The van der Waals surface area contributed by atoms with Crippen molar-refractivity contribution in [3.05, 3.63) is 11.6 Å². The average molecular weight is 108 g/mol. The highest BCUT2D eigenvalue weighted by Gasteiger charge is 2.43. The predicted molar refractivity (Wildman–Crippen MR) is 26.2 cm³/mol. The molecule has 8 heavy (non-hydrogen) atoms. The molecular formula is C6H4O2. The van der Waals surface area contributed by atoms with Gasteiger partial charge in [0.2, 0.25) is 11.6 Å². The van der Waals surface area contributed by atoms with Gasteiger partial charge in [-0.2, -0.15) is 0 Å². The number of hydrogen-bond donors (Lipinski definition) is 0. The molecule has 0 radical (unpaired) electrons. The molecule has 0 N–H and O–H groups in total. The van der Waals surface area contributed by atoms with Crippen LogP contribution in [0.25, 0.3) is 0 Å². The van der Waals surface area contributed by atoms with Gasteiger partial charge in [0, 0.05) is 17.9 Å². The Bertz CT molecular complexity index is 209. The summed E-state index contributed by atoms with van der Waals surface area (Å²) in [5, 5.41) is 0. The fraction of sp³-hybridized carbons (Fsp3) is 0.333. The van der Waals surface area contributed by atoms with E-state index in [1.54, 1.807) is 0 Å². The molecule has 1 fully saturated rings. The van der Waals surface area contributed by atoms with Crippen LogP contribution in [0.2, 0.25) is 0 Å². The maximum absolute atomic E-state index is 10.5. The van der Waals surface area contributed by atoms with Crippen LogP contribution in [0.1, 0.15) is 6.42 Å². The van der Waals surface area contributed by atoms with Gasteiger partial charge in [0.25, 0.3) is 0 Å². The Hall–Kier alpha value is -0.920. The van der Waals surface area contributed by atoms with Crippen LogP contribution in [0.15, 0.2) is 11.6 Å². The minimum Gasteiger partial charge on any atom is -0.290 e. The number of fused-ring (bicyclic) bond motifs is 1. The number of carbonyl (C=O) groups is 2. The van der Waals surface area contributed by atoms with E-state index in [-0.39, 0.29) is 17.5 Å². The van der Waals surface area contributed by atoms with E-state index in [4.69, 9.17) is 0 Å². The molecular weight excluding hydrogens is 104 g/mol. The highest BCUT2D eigenvalue weighted by Crippen LogP contribution is 2.39. The van der Waals surface area contributed by atoms with Crippen LogP contribution in [-0.4, -0.2) is 11.6 Å². The van der Waals surface area contributed by atoms with E-state index < -0.39 is 0 Å². The lowest BCUT2D eigenvalue weighted by Crippen LogP contribution is -2.03. The van der Waals surface area contributed by atoms with Crippen molar-refractivity contribution in [1.29, 1.82) is 0 Å². The molecule has 40 valence electrons. The molecule has 0 aliphatic heterocycles. The van der Waals surface area contributed by atoms with Gasteiger partial charge in [0.15, 0.2) is 0 Å². The molecule has 2 aliphatic rings. The molecule has 2 heteroatoms. The van der Waals surface area contributed by atoms with E-state index in [9.17, 15) is 9.59 Å². The van der Waals surface area contributed by atoms with Crippen molar-refractivity contribution in [2.24, 2.45) is 5.92 Å². The first-order valence-corrected chi connectivity index (χ1v) is 2.58. The van der Waals surface area contributed by atoms with Crippen LogP contribution in [0, 0.1) is 5.92 Å². The standard InChI is InChI=1S/C6H4O2/c7-5-2-3-1-4(3)6(5)8/h1,3H,2H2. The van der Waals surface area contributed by atoms with E-state index in [0.717, 1.165) is 5.57 Å². The first kappa shape index (κ1) is 4.01. The third kappa shape index (κ3) is 0.290. The van der Waals surface area contributed by atoms with Crippen LogP contribution in [0.5, 0.6) is 0 Å². The van der Waals surface area contributed by atoms with Crippen molar-refractivity contribution in [3.63, 3.8) is 0 Å². The fourth-order valence-corrected chi connectivity index (χ4v) is 1.04. The third-order valence-corrected chi connectivity index (χ3v) is 1.59.